The maximum Gasteiger partial charge on any atom is 0.328 e. The molecule has 0 fully saturated rings. The van der Waals surface area contributed by atoms with Crippen LogP contribution in [0.2, 0.25) is 5.02 Å². The summed E-state index contributed by atoms with van der Waals surface area (Å²) in [5.41, 5.74) is -0.169. The van der Waals surface area contributed by atoms with Gasteiger partial charge in [-0.15, -0.1) is 0 Å². The molecule has 15 heavy (non-hydrogen) atoms. The SMILES string of the molecule is O=C(O)C=Cc1cncc([N+](=O)[O-])c1Cl. The Morgan fingerprint density at radius 1 is 1.60 bits per heavy atom. The monoisotopic (exact) mass is 228 g/mol. The average Bonchev–Trinajstić information content (AvgIpc) is 2.15. The van der Waals surface area contributed by atoms with Crippen molar-refractivity contribution in [1.29, 1.82) is 0 Å². The highest BCUT2D eigenvalue weighted by Crippen LogP contribution is 2.27. The van der Waals surface area contributed by atoms with Gasteiger partial charge in [0.25, 0.3) is 0 Å². The number of carbonyl (C=O) groups is 1. The molecule has 1 rings (SSSR count). The first kappa shape index (κ1) is 11.1. The van der Waals surface area contributed by atoms with Crippen LogP contribution in [0.15, 0.2) is 18.5 Å². The topological polar surface area (TPSA) is 93.3 Å². The molecule has 0 aliphatic rings. The Balaban J connectivity index is 3.15. The van der Waals surface area contributed by atoms with E-state index in [0.29, 0.717) is 0 Å². The van der Waals surface area contributed by atoms with E-state index in [4.69, 9.17) is 16.7 Å². The van der Waals surface area contributed by atoms with Crippen molar-refractivity contribution in [1.82, 2.24) is 4.98 Å². The first-order valence-corrected chi connectivity index (χ1v) is 4.09. The summed E-state index contributed by atoms with van der Waals surface area (Å²) in [4.78, 5) is 23.6. The lowest BCUT2D eigenvalue weighted by atomic mass is 10.2. The Hall–Kier alpha value is -1.95. The number of aliphatic carboxylic acids is 1. The van der Waals surface area contributed by atoms with Gasteiger partial charge in [0, 0.05) is 17.8 Å². The minimum absolute atomic E-state index is 0.132. The highest BCUT2D eigenvalue weighted by atomic mass is 35.5. The summed E-state index contributed by atoms with van der Waals surface area (Å²) in [6.45, 7) is 0. The zero-order valence-electron chi connectivity index (χ0n) is 7.25. The largest absolute Gasteiger partial charge is 0.478 e. The number of hydrogen-bond acceptors (Lipinski definition) is 4. The van der Waals surface area contributed by atoms with Crippen molar-refractivity contribution in [3.8, 4) is 0 Å². The van der Waals surface area contributed by atoms with Crippen LogP contribution in [0, 0.1) is 10.1 Å². The standard InChI is InChI=1S/C8H5ClN2O4/c9-8-5(1-2-7(12)13)3-10-4-6(8)11(14)15/h1-4H,(H,12,13). The van der Waals surface area contributed by atoms with Crippen molar-refractivity contribution in [2.45, 2.75) is 0 Å². The number of nitrogens with zero attached hydrogens (tertiary/aromatic N) is 2. The van der Waals surface area contributed by atoms with E-state index >= 15 is 0 Å². The molecule has 0 aliphatic carbocycles. The quantitative estimate of drug-likeness (QED) is 0.483. The minimum Gasteiger partial charge on any atom is -0.478 e. The molecule has 0 aromatic carbocycles. The van der Waals surface area contributed by atoms with Gasteiger partial charge < -0.3 is 5.11 Å². The van der Waals surface area contributed by atoms with Crippen molar-refractivity contribution in [3.63, 3.8) is 0 Å². The lowest BCUT2D eigenvalue weighted by molar-refractivity contribution is -0.385. The normalized spacial score (nSPS) is 10.5. The maximum absolute atomic E-state index is 10.5. The fourth-order valence-electron chi connectivity index (χ4n) is 0.854. The number of nitro groups is 1. The van der Waals surface area contributed by atoms with Gasteiger partial charge in [-0.1, -0.05) is 11.6 Å². The van der Waals surface area contributed by atoms with Crippen LogP contribution in [0.5, 0.6) is 0 Å². The van der Waals surface area contributed by atoms with Gasteiger partial charge in [0.2, 0.25) is 0 Å². The first-order chi connectivity index (χ1) is 7.02. The van der Waals surface area contributed by atoms with Gasteiger partial charge in [-0.2, -0.15) is 0 Å². The van der Waals surface area contributed by atoms with Crippen molar-refractivity contribution >= 4 is 29.3 Å². The maximum atomic E-state index is 10.5. The van der Waals surface area contributed by atoms with Crippen LogP contribution in [-0.4, -0.2) is 21.0 Å². The predicted molar refractivity (Wildman–Crippen MR) is 52.6 cm³/mol. The summed E-state index contributed by atoms with van der Waals surface area (Å²) in [6, 6.07) is 0. The highest BCUT2D eigenvalue weighted by Gasteiger charge is 2.14. The molecule has 0 atom stereocenters. The molecule has 0 aliphatic heterocycles. The molecule has 0 saturated carbocycles. The zero-order chi connectivity index (χ0) is 11.4. The summed E-state index contributed by atoms with van der Waals surface area (Å²) in [5.74, 6) is -1.17. The van der Waals surface area contributed by atoms with E-state index in [2.05, 4.69) is 4.98 Å². The van der Waals surface area contributed by atoms with E-state index in [1.165, 1.54) is 6.20 Å². The third-order valence-corrected chi connectivity index (χ3v) is 1.90. The van der Waals surface area contributed by atoms with E-state index in [1.54, 1.807) is 0 Å². The molecule has 78 valence electrons. The molecule has 1 aromatic rings. The van der Waals surface area contributed by atoms with E-state index in [1.807, 2.05) is 0 Å². The van der Waals surface area contributed by atoms with Crippen LogP contribution < -0.4 is 0 Å². The molecule has 0 saturated heterocycles. The minimum atomic E-state index is -1.17. The van der Waals surface area contributed by atoms with Gasteiger partial charge >= 0.3 is 11.7 Å². The lowest BCUT2D eigenvalue weighted by Gasteiger charge is -1.97. The van der Waals surface area contributed by atoms with Crippen LogP contribution in [0.1, 0.15) is 5.56 Å². The number of carboxylic acids is 1. The molecule has 0 radical (unpaired) electrons. The van der Waals surface area contributed by atoms with Crippen LogP contribution in [0.4, 0.5) is 5.69 Å². The number of rotatable bonds is 3. The van der Waals surface area contributed by atoms with E-state index in [0.717, 1.165) is 18.3 Å². The van der Waals surface area contributed by atoms with E-state index in [9.17, 15) is 14.9 Å². The van der Waals surface area contributed by atoms with Crippen molar-refractivity contribution in [2.75, 3.05) is 0 Å². The Kier molecular flexibility index (Phi) is 3.35. The van der Waals surface area contributed by atoms with Crippen molar-refractivity contribution < 1.29 is 14.8 Å². The molecule has 7 heteroatoms. The number of pyridine rings is 1. The van der Waals surface area contributed by atoms with Crippen molar-refractivity contribution in [3.05, 3.63) is 39.2 Å². The summed E-state index contributed by atoms with van der Waals surface area (Å²) >= 11 is 5.66. The molecular weight excluding hydrogens is 224 g/mol. The molecule has 0 unspecified atom stereocenters. The predicted octanol–water partition coefficient (Wildman–Crippen LogP) is 1.74. The fourth-order valence-corrected chi connectivity index (χ4v) is 1.08. The van der Waals surface area contributed by atoms with Gasteiger partial charge in [0.15, 0.2) is 0 Å². The molecule has 1 aromatic heterocycles. The van der Waals surface area contributed by atoms with Gasteiger partial charge in [-0.3, -0.25) is 15.1 Å². The number of hydrogen-bond donors (Lipinski definition) is 1. The number of carboxylic acid groups (broad SMARTS) is 1. The molecular formula is C8H5ClN2O4. The number of halogens is 1. The van der Waals surface area contributed by atoms with Gasteiger partial charge in [0.05, 0.1) is 4.92 Å². The molecule has 0 spiro atoms. The third-order valence-electron chi connectivity index (χ3n) is 1.49. The van der Waals surface area contributed by atoms with Gasteiger partial charge in [-0.25, -0.2) is 4.79 Å². The summed E-state index contributed by atoms with van der Waals surface area (Å²) in [7, 11) is 0. The smallest absolute Gasteiger partial charge is 0.328 e. The first-order valence-electron chi connectivity index (χ1n) is 3.71. The molecule has 6 nitrogen and oxygen atoms in total. The second kappa shape index (κ2) is 4.52. The second-order valence-electron chi connectivity index (χ2n) is 2.49. The molecule has 1 heterocycles. The van der Waals surface area contributed by atoms with E-state index in [-0.39, 0.29) is 16.3 Å². The average molecular weight is 229 g/mol. The van der Waals surface area contributed by atoms with Gasteiger partial charge in [-0.05, 0) is 6.08 Å². The lowest BCUT2D eigenvalue weighted by Crippen LogP contribution is -1.93. The van der Waals surface area contributed by atoms with Crippen LogP contribution in [0.25, 0.3) is 6.08 Å². The highest BCUT2D eigenvalue weighted by molar-refractivity contribution is 6.34. The second-order valence-corrected chi connectivity index (χ2v) is 2.87. The Bertz CT molecular complexity index is 444. The zero-order valence-corrected chi connectivity index (χ0v) is 8.01. The van der Waals surface area contributed by atoms with Crippen LogP contribution in [-0.2, 0) is 4.79 Å². The number of aromatic nitrogens is 1. The summed E-state index contributed by atoms with van der Waals surface area (Å²) < 4.78 is 0. The van der Waals surface area contributed by atoms with Crippen LogP contribution in [0.3, 0.4) is 0 Å². The Morgan fingerprint density at radius 2 is 2.27 bits per heavy atom. The van der Waals surface area contributed by atoms with E-state index < -0.39 is 10.9 Å². The Labute approximate surface area is 89.0 Å². The molecule has 1 N–H and O–H groups in total. The summed E-state index contributed by atoms with van der Waals surface area (Å²) in [5, 5.41) is 18.7. The summed E-state index contributed by atoms with van der Waals surface area (Å²) in [6.07, 6.45) is 4.21. The van der Waals surface area contributed by atoms with Crippen molar-refractivity contribution in [2.24, 2.45) is 0 Å². The Morgan fingerprint density at radius 3 is 2.80 bits per heavy atom. The third kappa shape index (κ3) is 2.75. The van der Waals surface area contributed by atoms with Crippen LogP contribution >= 0.6 is 11.6 Å². The van der Waals surface area contributed by atoms with Gasteiger partial charge in [0.1, 0.15) is 11.2 Å². The molecule has 0 amide bonds. The fraction of sp³-hybridized carbons (Fsp3) is 0. The molecule has 0 bridgehead atoms.